The maximum absolute atomic E-state index is 12.0. The van der Waals surface area contributed by atoms with Crippen molar-refractivity contribution in [3.05, 3.63) is 77.9 Å². The maximum Gasteiger partial charge on any atom is 0.225 e. The lowest BCUT2D eigenvalue weighted by Gasteiger charge is -2.07. The molecule has 126 valence electrons. The standard InChI is InChI=1S/C20H20N4O/c1-15-7-10-17(11-8-15)21-18-12-13-19(24-23-18)22-20(25)14-9-16-5-3-2-4-6-16/h2-8,10-13H,9,14H2,1H3,(H,21,23)(H,22,24,25). The summed E-state index contributed by atoms with van der Waals surface area (Å²) in [5.41, 5.74) is 3.28. The molecule has 0 saturated heterocycles. The lowest BCUT2D eigenvalue weighted by Crippen LogP contribution is -2.14. The van der Waals surface area contributed by atoms with E-state index in [1.807, 2.05) is 61.5 Å². The van der Waals surface area contributed by atoms with E-state index < -0.39 is 0 Å². The third-order valence-corrected chi connectivity index (χ3v) is 3.74. The van der Waals surface area contributed by atoms with Crippen molar-refractivity contribution in [3.63, 3.8) is 0 Å². The zero-order valence-electron chi connectivity index (χ0n) is 14.1. The van der Waals surface area contributed by atoms with Gasteiger partial charge in [-0.25, -0.2) is 0 Å². The van der Waals surface area contributed by atoms with Gasteiger partial charge in [0.25, 0.3) is 0 Å². The Kier molecular flexibility index (Phi) is 5.36. The third kappa shape index (κ3) is 5.14. The van der Waals surface area contributed by atoms with E-state index in [1.165, 1.54) is 5.56 Å². The number of anilines is 3. The summed E-state index contributed by atoms with van der Waals surface area (Å²) >= 11 is 0. The number of hydrogen-bond donors (Lipinski definition) is 2. The molecule has 3 aromatic rings. The monoisotopic (exact) mass is 332 g/mol. The SMILES string of the molecule is Cc1ccc(Nc2ccc(NC(=O)CCc3ccccc3)nn2)cc1. The fourth-order valence-corrected chi connectivity index (χ4v) is 2.36. The smallest absolute Gasteiger partial charge is 0.225 e. The first-order chi connectivity index (χ1) is 12.2. The van der Waals surface area contributed by atoms with Crippen LogP contribution < -0.4 is 10.6 Å². The summed E-state index contributed by atoms with van der Waals surface area (Å²) in [6.45, 7) is 2.04. The maximum atomic E-state index is 12.0. The molecule has 1 heterocycles. The molecule has 0 atom stereocenters. The quantitative estimate of drug-likeness (QED) is 0.713. The summed E-state index contributed by atoms with van der Waals surface area (Å²) in [4.78, 5) is 12.0. The van der Waals surface area contributed by atoms with Crippen molar-refractivity contribution in [2.24, 2.45) is 0 Å². The Labute approximate surface area is 147 Å². The molecule has 0 saturated carbocycles. The van der Waals surface area contributed by atoms with E-state index in [-0.39, 0.29) is 5.91 Å². The van der Waals surface area contributed by atoms with Gasteiger partial charge in [0, 0.05) is 12.1 Å². The predicted molar refractivity (Wildman–Crippen MR) is 99.9 cm³/mol. The molecule has 0 radical (unpaired) electrons. The van der Waals surface area contributed by atoms with Crippen LogP contribution in [0.3, 0.4) is 0 Å². The minimum Gasteiger partial charge on any atom is -0.339 e. The predicted octanol–water partition coefficient (Wildman–Crippen LogP) is 4.10. The molecule has 0 aliphatic carbocycles. The number of carbonyl (C=O) groups excluding carboxylic acids is 1. The zero-order valence-corrected chi connectivity index (χ0v) is 14.1. The molecule has 1 aromatic heterocycles. The fraction of sp³-hybridized carbons (Fsp3) is 0.150. The van der Waals surface area contributed by atoms with E-state index in [0.29, 0.717) is 24.5 Å². The summed E-state index contributed by atoms with van der Waals surface area (Å²) in [7, 11) is 0. The summed E-state index contributed by atoms with van der Waals surface area (Å²) in [6, 6.07) is 21.5. The van der Waals surface area contributed by atoms with Crippen molar-refractivity contribution in [1.29, 1.82) is 0 Å². The van der Waals surface area contributed by atoms with Crippen LogP contribution in [-0.2, 0) is 11.2 Å². The topological polar surface area (TPSA) is 66.9 Å². The van der Waals surface area contributed by atoms with Gasteiger partial charge >= 0.3 is 0 Å². The van der Waals surface area contributed by atoms with Crippen molar-refractivity contribution in [1.82, 2.24) is 10.2 Å². The second-order valence-electron chi connectivity index (χ2n) is 5.83. The first kappa shape index (κ1) is 16.6. The first-order valence-corrected chi connectivity index (χ1v) is 8.20. The van der Waals surface area contributed by atoms with E-state index in [4.69, 9.17) is 0 Å². The second kappa shape index (κ2) is 8.06. The molecule has 2 N–H and O–H groups in total. The highest BCUT2D eigenvalue weighted by atomic mass is 16.1. The molecule has 0 spiro atoms. The Morgan fingerprint density at radius 3 is 2.24 bits per heavy atom. The summed E-state index contributed by atoms with van der Waals surface area (Å²) in [5, 5.41) is 14.1. The van der Waals surface area contributed by atoms with Gasteiger partial charge in [-0.1, -0.05) is 48.0 Å². The molecule has 5 heteroatoms. The molecule has 0 unspecified atom stereocenters. The average Bonchev–Trinajstić information content (AvgIpc) is 2.64. The van der Waals surface area contributed by atoms with Gasteiger partial charge in [0.2, 0.25) is 5.91 Å². The molecular formula is C20H20N4O. The lowest BCUT2D eigenvalue weighted by atomic mass is 10.1. The van der Waals surface area contributed by atoms with E-state index >= 15 is 0 Å². The van der Waals surface area contributed by atoms with Crippen LogP contribution in [0, 0.1) is 6.92 Å². The Bertz CT molecular complexity index is 815. The largest absolute Gasteiger partial charge is 0.339 e. The van der Waals surface area contributed by atoms with Gasteiger partial charge < -0.3 is 10.6 Å². The van der Waals surface area contributed by atoms with Gasteiger partial charge in [0.1, 0.15) is 0 Å². The number of amides is 1. The van der Waals surface area contributed by atoms with Crippen molar-refractivity contribution in [2.75, 3.05) is 10.6 Å². The average molecular weight is 332 g/mol. The Morgan fingerprint density at radius 1 is 0.880 bits per heavy atom. The highest BCUT2D eigenvalue weighted by Gasteiger charge is 2.05. The molecule has 0 aliphatic rings. The van der Waals surface area contributed by atoms with Crippen molar-refractivity contribution >= 4 is 23.2 Å². The Balaban J connectivity index is 1.51. The number of rotatable bonds is 6. The number of nitrogens with zero attached hydrogens (tertiary/aromatic N) is 2. The summed E-state index contributed by atoms with van der Waals surface area (Å²) in [6.07, 6.45) is 1.11. The van der Waals surface area contributed by atoms with E-state index in [9.17, 15) is 4.79 Å². The van der Waals surface area contributed by atoms with Crippen LogP contribution in [0.25, 0.3) is 0 Å². The summed E-state index contributed by atoms with van der Waals surface area (Å²) < 4.78 is 0. The lowest BCUT2D eigenvalue weighted by molar-refractivity contribution is -0.116. The van der Waals surface area contributed by atoms with Crippen molar-refractivity contribution in [2.45, 2.75) is 19.8 Å². The molecule has 3 rings (SSSR count). The van der Waals surface area contributed by atoms with Gasteiger partial charge in [-0.05, 0) is 43.2 Å². The number of hydrogen-bond acceptors (Lipinski definition) is 4. The summed E-state index contributed by atoms with van der Waals surface area (Å²) in [5.74, 6) is 1.01. The van der Waals surface area contributed by atoms with Gasteiger partial charge in [-0.3, -0.25) is 4.79 Å². The third-order valence-electron chi connectivity index (χ3n) is 3.74. The molecule has 0 bridgehead atoms. The molecule has 25 heavy (non-hydrogen) atoms. The van der Waals surface area contributed by atoms with E-state index in [2.05, 4.69) is 20.8 Å². The minimum absolute atomic E-state index is 0.0719. The van der Waals surface area contributed by atoms with Crippen LogP contribution in [0.4, 0.5) is 17.3 Å². The second-order valence-corrected chi connectivity index (χ2v) is 5.83. The van der Waals surface area contributed by atoms with Crippen LogP contribution in [0.1, 0.15) is 17.5 Å². The van der Waals surface area contributed by atoms with Gasteiger partial charge in [-0.2, -0.15) is 0 Å². The first-order valence-electron chi connectivity index (χ1n) is 8.20. The van der Waals surface area contributed by atoms with Crippen LogP contribution >= 0.6 is 0 Å². The van der Waals surface area contributed by atoms with Gasteiger partial charge in [0.05, 0.1) is 0 Å². The molecule has 0 aliphatic heterocycles. The van der Waals surface area contributed by atoms with Crippen LogP contribution in [-0.4, -0.2) is 16.1 Å². The number of carbonyl (C=O) groups is 1. The van der Waals surface area contributed by atoms with Crippen LogP contribution in [0.15, 0.2) is 66.7 Å². The fourth-order valence-electron chi connectivity index (χ4n) is 2.36. The molecule has 1 amide bonds. The van der Waals surface area contributed by atoms with E-state index in [0.717, 1.165) is 11.3 Å². The van der Waals surface area contributed by atoms with Crippen LogP contribution in [0.5, 0.6) is 0 Å². The van der Waals surface area contributed by atoms with Gasteiger partial charge in [0.15, 0.2) is 11.6 Å². The minimum atomic E-state index is -0.0719. The number of aromatic nitrogens is 2. The highest BCUT2D eigenvalue weighted by molar-refractivity contribution is 5.89. The molecule has 5 nitrogen and oxygen atoms in total. The van der Waals surface area contributed by atoms with Gasteiger partial charge in [-0.15, -0.1) is 10.2 Å². The van der Waals surface area contributed by atoms with E-state index in [1.54, 1.807) is 12.1 Å². The Morgan fingerprint density at radius 2 is 1.56 bits per heavy atom. The number of benzene rings is 2. The number of aryl methyl sites for hydroxylation is 2. The normalized spacial score (nSPS) is 10.3. The van der Waals surface area contributed by atoms with Crippen molar-refractivity contribution < 1.29 is 4.79 Å². The molecular weight excluding hydrogens is 312 g/mol. The number of nitrogens with one attached hydrogen (secondary N) is 2. The zero-order chi connectivity index (χ0) is 17.5. The van der Waals surface area contributed by atoms with Crippen LogP contribution in [0.2, 0.25) is 0 Å². The molecule has 0 fully saturated rings. The highest BCUT2D eigenvalue weighted by Crippen LogP contribution is 2.15. The van der Waals surface area contributed by atoms with Crippen molar-refractivity contribution in [3.8, 4) is 0 Å². The Hall–Kier alpha value is -3.21. The molecule has 2 aromatic carbocycles.